The number of ether oxygens (including phenoxy) is 1. The van der Waals surface area contributed by atoms with E-state index in [2.05, 4.69) is 11.4 Å². The molecule has 0 unspecified atom stereocenters. The van der Waals surface area contributed by atoms with Gasteiger partial charge in [0.1, 0.15) is 5.75 Å². The summed E-state index contributed by atoms with van der Waals surface area (Å²) in [5.41, 5.74) is 8.77. The standard InChI is InChI=1S/C15H15N3O/c1-2-19-15-9-13(6-7-14(15)17)18-12-5-3-4-11(8-12)10-16/h3-9,18H,2,17H2,1H3. The van der Waals surface area contributed by atoms with Crippen LogP contribution in [0.3, 0.4) is 0 Å². The van der Waals surface area contributed by atoms with Crippen LogP contribution in [0.2, 0.25) is 0 Å². The second-order valence-electron chi connectivity index (χ2n) is 4.00. The third-order valence-electron chi connectivity index (χ3n) is 2.59. The van der Waals surface area contributed by atoms with E-state index in [9.17, 15) is 0 Å². The first-order chi connectivity index (χ1) is 9.22. The van der Waals surface area contributed by atoms with Gasteiger partial charge in [-0.15, -0.1) is 0 Å². The fraction of sp³-hybridized carbons (Fsp3) is 0.133. The number of hydrogen-bond acceptors (Lipinski definition) is 4. The molecule has 0 amide bonds. The number of anilines is 3. The van der Waals surface area contributed by atoms with E-state index in [1.807, 2.05) is 31.2 Å². The second-order valence-corrected chi connectivity index (χ2v) is 4.00. The summed E-state index contributed by atoms with van der Waals surface area (Å²) in [6.45, 7) is 2.48. The highest BCUT2D eigenvalue weighted by Gasteiger charge is 2.02. The van der Waals surface area contributed by atoms with Gasteiger partial charge < -0.3 is 15.8 Å². The van der Waals surface area contributed by atoms with Gasteiger partial charge in [-0.2, -0.15) is 5.26 Å². The first kappa shape index (κ1) is 12.8. The van der Waals surface area contributed by atoms with Crippen molar-refractivity contribution in [2.45, 2.75) is 6.92 Å². The Kier molecular flexibility index (Phi) is 3.89. The topological polar surface area (TPSA) is 71.1 Å². The quantitative estimate of drug-likeness (QED) is 0.820. The van der Waals surface area contributed by atoms with Gasteiger partial charge in [0, 0.05) is 17.4 Å². The predicted octanol–water partition coefficient (Wildman–Crippen LogP) is 3.28. The molecule has 2 aromatic carbocycles. The van der Waals surface area contributed by atoms with Crippen molar-refractivity contribution >= 4 is 17.1 Å². The van der Waals surface area contributed by atoms with Gasteiger partial charge in [-0.3, -0.25) is 0 Å². The molecule has 0 saturated heterocycles. The van der Waals surface area contributed by atoms with E-state index in [-0.39, 0.29) is 0 Å². The molecule has 2 aromatic rings. The summed E-state index contributed by atoms with van der Waals surface area (Å²) in [5.74, 6) is 0.656. The van der Waals surface area contributed by atoms with Crippen molar-refractivity contribution in [3.05, 3.63) is 48.0 Å². The number of nitrogens with one attached hydrogen (secondary N) is 1. The summed E-state index contributed by atoms with van der Waals surface area (Å²) in [5, 5.41) is 12.1. The Balaban J connectivity index is 2.23. The van der Waals surface area contributed by atoms with Crippen LogP contribution in [0.15, 0.2) is 42.5 Å². The molecule has 0 aliphatic rings. The maximum Gasteiger partial charge on any atom is 0.144 e. The zero-order valence-corrected chi connectivity index (χ0v) is 10.7. The second kappa shape index (κ2) is 5.78. The van der Waals surface area contributed by atoms with Crippen molar-refractivity contribution in [1.29, 1.82) is 5.26 Å². The molecule has 4 nitrogen and oxygen atoms in total. The van der Waals surface area contributed by atoms with Gasteiger partial charge >= 0.3 is 0 Å². The molecule has 0 aromatic heterocycles. The number of benzene rings is 2. The van der Waals surface area contributed by atoms with E-state index in [0.717, 1.165) is 11.4 Å². The lowest BCUT2D eigenvalue weighted by Crippen LogP contribution is -1.98. The van der Waals surface area contributed by atoms with Gasteiger partial charge in [-0.25, -0.2) is 0 Å². The van der Waals surface area contributed by atoms with E-state index in [0.29, 0.717) is 23.6 Å². The largest absolute Gasteiger partial charge is 0.492 e. The number of nitrogens with two attached hydrogens (primary N) is 1. The first-order valence-corrected chi connectivity index (χ1v) is 6.02. The average molecular weight is 253 g/mol. The third kappa shape index (κ3) is 3.17. The van der Waals surface area contributed by atoms with E-state index < -0.39 is 0 Å². The molecule has 0 bridgehead atoms. The van der Waals surface area contributed by atoms with Crippen molar-refractivity contribution in [3.8, 4) is 11.8 Å². The Bertz CT molecular complexity index is 617. The third-order valence-corrected chi connectivity index (χ3v) is 2.59. The molecule has 0 spiro atoms. The van der Waals surface area contributed by atoms with Crippen LogP contribution in [0.1, 0.15) is 12.5 Å². The Hall–Kier alpha value is -2.67. The van der Waals surface area contributed by atoms with Crippen LogP contribution in [-0.2, 0) is 0 Å². The van der Waals surface area contributed by atoms with E-state index >= 15 is 0 Å². The monoisotopic (exact) mass is 253 g/mol. The van der Waals surface area contributed by atoms with E-state index in [1.54, 1.807) is 18.2 Å². The van der Waals surface area contributed by atoms with Crippen LogP contribution in [0, 0.1) is 11.3 Å². The maximum atomic E-state index is 8.86. The lowest BCUT2D eigenvalue weighted by Gasteiger charge is -2.11. The van der Waals surface area contributed by atoms with Gasteiger partial charge in [0.15, 0.2) is 0 Å². The molecule has 0 radical (unpaired) electrons. The molecule has 2 rings (SSSR count). The predicted molar refractivity (Wildman–Crippen MR) is 76.5 cm³/mol. The molecule has 19 heavy (non-hydrogen) atoms. The number of nitriles is 1. The molecule has 3 N–H and O–H groups in total. The highest BCUT2D eigenvalue weighted by molar-refractivity contribution is 5.67. The van der Waals surface area contributed by atoms with Gasteiger partial charge in [0.25, 0.3) is 0 Å². The average Bonchev–Trinajstić information content (AvgIpc) is 2.43. The minimum Gasteiger partial charge on any atom is -0.492 e. The molecule has 0 heterocycles. The number of hydrogen-bond donors (Lipinski definition) is 2. The van der Waals surface area contributed by atoms with Gasteiger partial charge in [-0.1, -0.05) is 6.07 Å². The Morgan fingerprint density at radius 2 is 2.00 bits per heavy atom. The van der Waals surface area contributed by atoms with Crippen molar-refractivity contribution in [2.24, 2.45) is 0 Å². The van der Waals surface area contributed by atoms with Gasteiger partial charge in [0.2, 0.25) is 0 Å². The van der Waals surface area contributed by atoms with E-state index in [1.165, 1.54) is 0 Å². The SMILES string of the molecule is CCOc1cc(Nc2cccc(C#N)c2)ccc1N. The fourth-order valence-electron chi connectivity index (χ4n) is 1.73. The smallest absolute Gasteiger partial charge is 0.144 e. The summed E-state index contributed by atoms with van der Waals surface area (Å²) in [6, 6.07) is 14.9. The number of nitrogens with zero attached hydrogens (tertiary/aromatic N) is 1. The lowest BCUT2D eigenvalue weighted by atomic mass is 10.2. The Morgan fingerprint density at radius 1 is 1.21 bits per heavy atom. The molecule has 0 atom stereocenters. The molecule has 0 aliphatic carbocycles. The van der Waals surface area contributed by atoms with Crippen LogP contribution >= 0.6 is 0 Å². The zero-order chi connectivity index (χ0) is 13.7. The van der Waals surface area contributed by atoms with E-state index in [4.69, 9.17) is 15.7 Å². The first-order valence-electron chi connectivity index (χ1n) is 6.02. The number of nitrogen functional groups attached to an aromatic ring is 1. The van der Waals surface area contributed by atoms with Crippen LogP contribution in [-0.4, -0.2) is 6.61 Å². The van der Waals surface area contributed by atoms with Gasteiger partial charge in [-0.05, 0) is 37.3 Å². The molecule has 96 valence electrons. The minimum absolute atomic E-state index is 0.567. The molecular formula is C15H15N3O. The maximum absolute atomic E-state index is 8.86. The van der Waals surface area contributed by atoms with Crippen LogP contribution < -0.4 is 15.8 Å². The highest BCUT2D eigenvalue weighted by Crippen LogP contribution is 2.27. The van der Waals surface area contributed by atoms with Crippen molar-refractivity contribution in [1.82, 2.24) is 0 Å². The molecule has 0 fully saturated rings. The summed E-state index contributed by atoms with van der Waals surface area (Å²) in [4.78, 5) is 0. The summed E-state index contributed by atoms with van der Waals surface area (Å²) in [7, 11) is 0. The summed E-state index contributed by atoms with van der Waals surface area (Å²) < 4.78 is 5.44. The van der Waals surface area contributed by atoms with Crippen molar-refractivity contribution < 1.29 is 4.74 Å². The fourth-order valence-corrected chi connectivity index (χ4v) is 1.73. The van der Waals surface area contributed by atoms with Crippen LogP contribution in [0.5, 0.6) is 5.75 Å². The van der Waals surface area contributed by atoms with Crippen LogP contribution in [0.25, 0.3) is 0 Å². The minimum atomic E-state index is 0.567. The Labute approximate surface area is 112 Å². The van der Waals surface area contributed by atoms with Crippen molar-refractivity contribution in [2.75, 3.05) is 17.7 Å². The molecular weight excluding hydrogens is 238 g/mol. The summed E-state index contributed by atoms with van der Waals surface area (Å²) >= 11 is 0. The molecule has 0 saturated carbocycles. The van der Waals surface area contributed by atoms with Crippen molar-refractivity contribution in [3.63, 3.8) is 0 Å². The Morgan fingerprint density at radius 3 is 2.74 bits per heavy atom. The zero-order valence-electron chi connectivity index (χ0n) is 10.7. The van der Waals surface area contributed by atoms with Crippen LogP contribution in [0.4, 0.5) is 17.1 Å². The summed E-state index contributed by atoms with van der Waals surface area (Å²) in [6.07, 6.45) is 0. The van der Waals surface area contributed by atoms with Gasteiger partial charge in [0.05, 0.1) is 23.9 Å². The molecule has 0 aliphatic heterocycles. The highest BCUT2D eigenvalue weighted by atomic mass is 16.5. The number of rotatable bonds is 4. The molecule has 4 heteroatoms. The normalized spacial score (nSPS) is 9.68. The lowest BCUT2D eigenvalue weighted by molar-refractivity contribution is 0.342.